The standard InChI is InChI=1S/C9H19NO/c1-9(4-5-9)8(7-11)3-2-6-10/h8,11H,2-7,10H2,1H3. The third-order valence-electron chi connectivity index (χ3n) is 3.00. The van der Waals surface area contributed by atoms with Crippen molar-refractivity contribution in [3.05, 3.63) is 0 Å². The molecule has 0 saturated heterocycles. The van der Waals surface area contributed by atoms with E-state index in [4.69, 9.17) is 10.8 Å². The molecule has 0 spiro atoms. The summed E-state index contributed by atoms with van der Waals surface area (Å²) in [5, 5.41) is 9.09. The molecule has 0 bridgehead atoms. The maximum absolute atomic E-state index is 9.09. The zero-order chi connectivity index (χ0) is 8.32. The van der Waals surface area contributed by atoms with E-state index in [1.165, 1.54) is 12.8 Å². The normalized spacial score (nSPS) is 23.2. The molecule has 1 aliphatic carbocycles. The van der Waals surface area contributed by atoms with E-state index in [1.807, 2.05) is 0 Å². The predicted octanol–water partition coefficient (Wildman–Crippen LogP) is 1.13. The summed E-state index contributed by atoms with van der Waals surface area (Å²) in [5.41, 5.74) is 5.88. The molecule has 0 aromatic carbocycles. The third kappa shape index (κ3) is 2.17. The first-order valence-electron chi connectivity index (χ1n) is 4.54. The minimum absolute atomic E-state index is 0.344. The van der Waals surface area contributed by atoms with Crippen LogP contribution in [0.3, 0.4) is 0 Å². The Morgan fingerprint density at radius 3 is 2.55 bits per heavy atom. The second-order valence-electron chi connectivity index (χ2n) is 3.96. The van der Waals surface area contributed by atoms with Gasteiger partial charge < -0.3 is 10.8 Å². The molecule has 1 atom stereocenters. The van der Waals surface area contributed by atoms with Gasteiger partial charge in [0.05, 0.1) is 0 Å². The molecule has 1 aliphatic rings. The highest BCUT2D eigenvalue weighted by Crippen LogP contribution is 2.52. The van der Waals surface area contributed by atoms with Crippen LogP contribution in [0.4, 0.5) is 0 Å². The fraction of sp³-hybridized carbons (Fsp3) is 1.00. The van der Waals surface area contributed by atoms with Gasteiger partial charge in [0.2, 0.25) is 0 Å². The molecule has 0 radical (unpaired) electrons. The van der Waals surface area contributed by atoms with Crippen LogP contribution in [0.15, 0.2) is 0 Å². The van der Waals surface area contributed by atoms with Gasteiger partial charge in [-0.25, -0.2) is 0 Å². The van der Waals surface area contributed by atoms with Gasteiger partial charge in [-0.3, -0.25) is 0 Å². The lowest BCUT2D eigenvalue weighted by atomic mass is 9.88. The van der Waals surface area contributed by atoms with Crippen molar-refractivity contribution in [2.45, 2.75) is 32.6 Å². The van der Waals surface area contributed by atoms with Gasteiger partial charge in [-0.1, -0.05) is 6.92 Å². The van der Waals surface area contributed by atoms with Crippen LogP contribution < -0.4 is 5.73 Å². The van der Waals surface area contributed by atoms with Crippen LogP contribution in [0, 0.1) is 11.3 Å². The monoisotopic (exact) mass is 157 g/mol. The minimum atomic E-state index is 0.344. The first kappa shape index (κ1) is 9.01. The van der Waals surface area contributed by atoms with Crippen molar-refractivity contribution in [2.75, 3.05) is 13.2 Å². The van der Waals surface area contributed by atoms with Gasteiger partial charge in [-0.2, -0.15) is 0 Å². The molecule has 3 N–H and O–H groups in total. The molecule has 11 heavy (non-hydrogen) atoms. The maximum Gasteiger partial charge on any atom is 0.0464 e. The molecule has 1 saturated carbocycles. The molecule has 0 heterocycles. The highest BCUT2D eigenvalue weighted by Gasteiger charge is 2.43. The molecule has 1 unspecified atom stereocenters. The molecule has 1 rings (SSSR count). The fourth-order valence-electron chi connectivity index (χ4n) is 1.63. The summed E-state index contributed by atoms with van der Waals surface area (Å²) >= 11 is 0. The average molecular weight is 157 g/mol. The van der Waals surface area contributed by atoms with Gasteiger partial charge in [0.1, 0.15) is 0 Å². The summed E-state index contributed by atoms with van der Waals surface area (Å²) in [4.78, 5) is 0. The SMILES string of the molecule is CC1(C(CO)CCCN)CC1. The van der Waals surface area contributed by atoms with Crippen LogP contribution in [0.2, 0.25) is 0 Å². The Hall–Kier alpha value is -0.0800. The van der Waals surface area contributed by atoms with E-state index >= 15 is 0 Å². The summed E-state index contributed by atoms with van der Waals surface area (Å²) in [5.74, 6) is 0.506. The smallest absolute Gasteiger partial charge is 0.0464 e. The van der Waals surface area contributed by atoms with E-state index in [2.05, 4.69) is 6.92 Å². The van der Waals surface area contributed by atoms with Gasteiger partial charge >= 0.3 is 0 Å². The number of rotatable bonds is 5. The molecule has 0 amide bonds. The van der Waals surface area contributed by atoms with Crippen molar-refractivity contribution in [3.63, 3.8) is 0 Å². The molecule has 0 aliphatic heterocycles. The van der Waals surface area contributed by atoms with Crippen LogP contribution in [0.1, 0.15) is 32.6 Å². The third-order valence-corrected chi connectivity index (χ3v) is 3.00. The molecule has 2 nitrogen and oxygen atoms in total. The second-order valence-corrected chi connectivity index (χ2v) is 3.96. The minimum Gasteiger partial charge on any atom is -0.396 e. The Morgan fingerprint density at radius 2 is 2.18 bits per heavy atom. The average Bonchev–Trinajstić information content (AvgIpc) is 2.71. The Bertz CT molecular complexity index is 121. The molecule has 2 heteroatoms. The summed E-state index contributed by atoms with van der Waals surface area (Å²) in [6.07, 6.45) is 4.75. The zero-order valence-corrected chi connectivity index (χ0v) is 7.34. The molecule has 1 fully saturated rings. The lowest BCUT2D eigenvalue weighted by Gasteiger charge is -2.20. The predicted molar refractivity (Wildman–Crippen MR) is 46.2 cm³/mol. The van der Waals surface area contributed by atoms with Crippen LogP contribution in [-0.2, 0) is 0 Å². The van der Waals surface area contributed by atoms with Crippen molar-refractivity contribution in [2.24, 2.45) is 17.1 Å². The molecular formula is C9H19NO. The topological polar surface area (TPSA) is 46.2 Å². The van der Waals surface area contributed by atoms with Gasteiger partial charge in [0, 0.05) is 6.61 Å². The van der Waals surface area contributed by atoms with Crippen LogP contribution in [0.25, 0.3) is 0 Å². The summed E-state index contributed by atoms with van der Waals surface area (Å²) in [7, 11) is 0. The number of hydrogen-bond donors (Lipinski definition) is 2. The lowest BCUT2D eigenvalue weighted by Crippen LogP contribution is -2.18. The largest absolute Gasteiger partial charge is 0.396 e. The van der Waals surface area contributed by atoms with Crippen molar-refractivity contribution >= 4 is 0 Å². The van der Waals surface area contributed by atoms with Gasteiger partial charge in [-0.05, 0) is 43.6 Å². The van der Waals surface area contributed by atoms with E-state index in [1.54, 1.807) is 0 Å². The van der Waals surface area contributed by atoms with Gasteiger partial charge in [-0.15, -0.1) is 0 Å². The van der Waals surface area contributed by atoms with Crippen LogP contribution in [0.5, 0.6) is 0 Å². The van der Waals surface area contributed by atoms with Gasteiger partial charge in [0.25, 0.3) is 0 Å². The Labute approximate surface area is 68.8 Å². The number of nitrogens with two attached hydrogens (primary N) is 1. The van der Waals surface area contributed by atoms with E-state index in [9.17, 15) is 0 Å². The lowest BCUT2D eigenvalue weighted by molar-refractivity contribution is 0.161. The summed E-state index contributed by atoms with van der Waals surface area (Å²) in [6.45, 7) is 3.37. The van der Waals surface area contributed by atoms with E-state index in [0.717, 1.165) is 19.4 Å². The van der Waals surface area contributed by atoms with Crippen molar-refractivity contribution < 1.29 is 5.11 Å². The van der Waals surface area contributed by atoms with Crippen LogP contribution >= 0.6 is 0 Å². The van der Waals surface area contributed by atoms with E-state index < -0.39 is 0 Å². The molecular weight excluding hydrogens is 138 g/mol. The Balaban J connectivity index is 2.25. The number of aliphatic hydroxyl groups is 1. The van der Waals surface area contributed by atoms with Crippen molar-refractivity contribution in [1.82, 2.24) is 0 Å². The Morgan fingerprint density at radius 1 is 1.55 bits per heavy atom. The maximum atomic E-state index is 9.09. The van der Waals surface area contributed by atoms with Crippen molar-refractivity contribution in [3.8, 4) is 0 Å². The highest BCUT2D eigenvalue weighted by atomic mass is 16.3. The van der Waals surface area contributed by atoms with Crippen molar-refractivity contribution in [1.29, 1.82) is 0 Å². The van der Waals surface area contributed by atoms with E-state index in [-0.39, 0.29) is 0 Å². The van der Waals surface area contributed by atoms with Crippen LogP contribution in [-0.4, -0.2) is 18.3 Å². The highest BCUT2D eigenvalue weighted by molar-refractivity contribution is 4.94. The summed E-state index contributed by atoms with van der Waals surface area (Å²) in [6, 6.07) is 0. The Kier molecular flexibility index (Phi) is 2.90. The van der Waals surface area contributed by atoms with E-state index in [0.29, 0.717) is 17.9 Å². The molecule has 0 aromatic rings. The zero-order valence-electron chi connectivity index (χ0n) is 7.34. The van der Waals surface area contributed by atoms with Gasteiger partial charge in [0.15, 0.2) is 0 Å². The second kappa shape index (κ2) is 3.55. The molecule has 0 aromatic heterocycles. The first-order chi connectivity index (χ1) is 5.23. The fourth-order valence-corrected chi connectivity index (χ4v) is 1.63. The quantitative estimate of drug-likeness (QED) is 0.628. The molecule has 66 valence electrons. The summed E-state index contributed by atoms with van der Waals surface area (Å²) < 4.78 is 0. The number of aliphatic hydroxyl groups excluding tert-OH is 1. The number of hydrogen-bond acceptors (Lipinski definition) is 2. The first-order valence-corrected chi connectivity index (χ1v) is 4.54.